The van der Waals surface area contributed by atoms with Crippen LogP contribution in [0.25, 0.3) is 10.9 Å². The lowest BCUT2D eigenvalue weighted by atomic mass is 10.2. The van der Waals surface area contributed by atoms with Crippen LogP contribution >= 0.6 is 0 Å². The van der Waals surface area contributed by atoms with E-state index < -0.39 is 0 Å². The molecule has 4 heteroatoms. The van der Waals surface area contributed by atoms with Crippen molar-refractivity contribution >= 4 is 22.5 Å². The number of aromatic nitrogens is 1. The van der Waals surface area contributed by atoms with Crippen molar-refractivity contribution in [1.29, 1.82) is 0 Å². The molecule has 3 N–H and O–H groups in total. The lowest BCUT2D eigenvalue weighted by Gasteiger charge is -2.00. The Hall–Kier alpha value is -1.81. The Morgan fingerprint density at radius 3 is 2.93 bits per heavy atom. The first-order valence-corrected chi connectivity index (χ1v) is 4.69. The fourth-order valence-electron chi connectivity index (χ4n) is 1.56. The van der Waals surface area contributed by atoms with Gasteiger partial charge in [0, 0.05) is 29.2 Å². The van der Waals surface area contributed by atoms with Crippen LogP contribution in [0.1, 0.15) is 12.6 Å². The normalized spacial score (nSPS) is 10.5. The number of anilines is 1. The number of aliphatic hydroxyl groups excluding tert-OH is 1. The van der Waals surface area contributed by atoms with E-state index in [1.54, 1.807) is 0 Å². The number of fused-ring (bicyclic) bond motifs is 1. The van der Waals surface area contributed by atoms with Gasteiger partial charge in [-0.25, -0.2) is 0 Å². The number of rotatable bonds is 2. The Kier molecular flexibility index (Phi) is 2.43. The molecule has 0 fully saturated rings. The van der Waals surface area contributed by atoms with Crippen LogP contribution in [0.3, 0.4) is 0 Å². The molecule has 0 bridgehead atoms. The van der Waals surface area contributed by atoms with Gasteiger partial charge in [-0.2, -0.15) is 0 Å². The average Bonchev–Trinajstić information content (AvgIpc) is 2.58. The van der Waals surface area contributed by atoms with Crippen molar-refractivity contribution in [2.24, 2.45) is 0 Å². The second-order valence-electron chi connectivity index (χ2n) is 3.44. The molecule has 1 amide bonds. The van der Waals surface area contributed by atoms with Crippen LogP contribution in [0, 0.1) is 0 Å². The summed E-state index contributed by atoms with van der Waals surface area (Å²) in [6, 6.07) is 7.42. The first-order valence-electron chi connectivity index (χ1n) is 4.69. The summed E-state index contributed by atoms with van der Waals surface area (Å²) in [5.41, 5.74) is 2.48. The highest BCUT2D eigenvalue weighted by Gasteiger charge is 2.01. The summed E-state index contributed by atoms with van der Waals surface area (Å²) in [7, 11) is 0. The maximum atomic E-state index is 10.9. The van der Waals surface area contributed by atoms with Crippen molar-refractivity contribution in [3.63, 3.8) is 0 Å². The van der Waals surface area contributed by atoms with E-state index in [-0.39, 0.29) is 12.5 Å². The van der Waals surface area contributed by atoms with Crippen molar-refractivity contribution in [2.45, 2.75) is 13.5 Å². The van der Waals surface area contributed by atoms with Crippen molar-refractivity contribution in [3.8, 4) is 0 Å². The summed E-state index contributed by atoms with van der Waals surface area (Å²) in [6.07, 6.45) is 0. The summed E-state index contributed by atoms with van der Waals surface area (Å²) in [5, 5.41) is 12.6. The summed E-state index contributed by atoms with van der Waals surface area (Å²) in [4.78, 5) is 13.9. The lowest BCUT2D eigenvalue weighted by Crippen LogP contribution is -2.05. The standard InChI is InChI=1S/C11H12N2O2/c1-7(15)12-9-2-3-11-8(4-9)5-10(6-14)13-11/h2-5,13-14H,6H2,1H3,(H,12,15). The number of aromatic amines is 1. The SMILES string of the molecule is CC(=O)Nc1ccc2[nH]c(CO)cc2c1. The van der Waals surface area contributed by atoms with Gasteiger partial charge in [0.05, 0.1) is 6.61 Å². The molecule has 0 atom stereocenters. The minimum atomic E-state index is -0.0905. The Labute approximate surface area is 86.9 Å². The quantitative estimate of drug-likeness (QED) is 0.696. The van der Waals surface area contributed by atoms with E-state index >= 15 is 0 Å². The molecule has 0 spiro atoms. The Morgan fingerprint density at radius 1 is 1.47 bits per heavy atom. The van der Waals surface area contributed by atoms with Gasteiger partial charge in [-0.1, -0.05) is 0 Å². The van der Waals surface area contributed by atoms with Gasteiger partial charge in [0.25, 0.3) is 0 Å². The number of hydrogen-bond acceptors (Lipinski definition) is 2. The molecular formula is C11H12N2O2. The molecule has 0 unspecified atom stereocenters. The van der Waals surface area contributed by atoms with E-state index in [9.17, 15) is 4.79 Å². The summed E-state index contributed by atoms with van der Waals surface area (Å²) in [5.74, 6) is -0.0905. The van der Waals surface area contributed by atoms with E-state index in [0.717, 1.165) is 22.3 Å². The van der Waals surface area contributed by atoms with Crippen LogP contribution in [0.5, 0.6) is 0 Å². The molecule has 1 heterocycles. The number of carbonyl (C=O) groups is 1. The molecular weight excluding hydrogens is 192 g/mol. The van der Waals surface area contributed by atoms with E-state index in [1.165, 1.54) is 6.92 Å². The molecule has 4 nitrogen and oxygen atoms in total. The van der Waals surface area contributed by atoms with Gasteiger partial charge in [0.2, 0.25) is 5.91 Å². The van der Waals surface area contributed by atoms with Crippen molar-refractivity contribution in [1.82, 2.24) is 4.98 Å². The van der Waals surface area contributed by atoms with Gasteiger partial charge in [-0.05, 0) is 24.3 Å². The van der Waals surface area contributed by atoms with Gasteiger partial charge in [0.15, 0.2) is 0 Å². The number of hydrogen-bond donors (Lipinski definition) is 3. The number of aliphatic hydroxyl groups is 1. The van der Waals surface area contributed by atoms with Crippen molar-refractivity contribution in [3.05, 3.63) is 30.0 Å². The maximum absolute atomic E-state index is 10.9. The van der Waals surface area contributed by atoms with Crippen LogP contribution in [-0.4, -0.2) is 16.0 Å². The highest BCUT2D eigenvalue weighted by molar-refractivity contribution is 5.92. The number of amides is 1. The van der Waals surface area contributed by atoms with Gasteiger partial charge in [0.1, 0.15) is 0 Å². The highest BCUT2D eigenvalue weighted by atomic mass is 16.3. The second kappa shape index (κ2) is 3.74. The number of H-pyrrole nitrogens is 1. The maximum Gasteiger partial charge on any atom is 0.221 e. The Bertz CT molecular complexity index is 502. The fraction of sp³-hybridized carbons (Fsp3) is 0.182. The van der Waals surface area contributed by atoms with Crippen molar-refractivity contribution in [2.75, 3.05) is 5.32 Å². The minimum absolute atomic E-state index is 0.00977. The smallest absolute Gasteiger partial charge is 0.221 e. The van der Waals surface area contributed by atoms with Gasteiger partial charge in [-0.3, -0.25) is 4.79 Å². The molecule has 0 saturated carbocycles. The molecule has 78 valence electrons. The predicted octanol–water partition coefficient (Wildman–Crippen LogP) is 1.62. The minimum Gasteiger partial charge on any atom is -0.390 e. The number of benzene rings is 1. The van der Waals surface area contributed by atoms with E-state index in [4.69, 9.17) is 5.11 Å². The summed E-state index contributed by atoms with van der Waals surface area (Å²) >= 11 is 0. The third kappa shape index (κ3) is 1.99. The molecule has 1 aromatic carbocycles. The first kappa shape index (κ1) is 9.73. The zero-order valence-corrected chi connectivity index (χ0v) is 8.37. The number of carbonyl (C=O) groups excluding carboxylic acids is 1. The van der Waals surface area contributed by atoms with Crippen LogP contribution in [-0.2, 0) is 11.4 Å². The molecule has 2 rings (SSSR count). The average molecular weight is 204 g/mol. The van der Waals surface area contributed by atoms with Crippen LogP contribution in [0.2, 0.25) is 0 Å². The van der Waals surface area contributed by atoms with E-state index in [0.29, 0.717) is 0 Å². The summed E-state index contributed by atoms with van der Waals surface area (Å²) < 4.78 is 0. The lowest BCUT2D eigenvalue weighted by molar-refractivity contribution is -0.114. The zero-order chi connectivity index (χ0) is 10.8. The monoisotopic (exact) mass is 204 g/mol. The van der Waals surface area contributed by atoms with E-state index in [2.05, 4.69) is 10.3 Å². The highest BCUT2D eigenvalue weighted by Crippen LogP contribution is 2.20. The topological polar surface area (TPSA) is 65.1 Å². The van der Waals surface area contributed by atoms with Crippen molar-refractivity contribution < 1.29 is 9.90 Å². The molecule has 15 heavy (non-hydrogen) atoms. The molecule has 2 aromatic rings. The van der Waals surface area contributed by atoms with Gasteiger partial charge < -0.3 is 15.4 Å². The first-order chi connectivity index (χ1) is 7.19. The van der Waals surface area contributed by atoms with Crippen LogP contribution in [0.15, 0.2) is 24.3 Å². The zero-order valence-electron chi connectivity index (χ0n) is 8.37. The van der Waals surface area contributed by atoms with E-state index in [1.807, 2.05) is 24.3 Å². The Morgan fingerprint density at radius 2 is 2.27 bits per heavy atom. The second-order valence-corrected chi connectivity index (χ2v) is 3.44. The fourth-order valence-corrected chi connectivity index (χ4v) is 1.56. The molecule has 0 aliphatic heterocycles. The van der Waals surface area contributed by atoms with Gasteiger partial charge in [-0.15, -0.1) is 0 Å². The van der Waals surface area contributed by atoms with Crippen LogP contribution < -0.4 is 5.32 Å². The largest absolute Gasteiger partial charge is 0.390 e. The van der Waals surface area contributed by atoms with Crippen LogP contribution in [0.4, 0.5) is 5.69 Å². The molecule has 0 radical (unpaired) electrons. The van der Waals surface area contributed by atoms with Gasteiger partial charge >= 0.3 is 0 Å². The molecule has 1 aromatic heterocycles. The molecule has 0 saturated heterocycles. The molecule has 0 aliphatic rings. The Balaban J connectivity index is 2.41. The third-order valence-corrected chi connectivity index (χ3v) is 2.17. The molecule has 0 aliphatic carbocycles. The predicted molar refractivity (Wildman–Crippen MR) is 58.5 cm³/mol. The number of nitrogens with one attached hydrogen (secondary N) is 2. The summed E-state index contributed by atoms with van der Waals surface area (Å²) in [6.45, 7) is 1.46. The third-order valence-electron chi connectivity index (χ3n) is 2.17.